The van der Waals surface area contributed by atoms with Crippen molar-refractivity contribution in [2.24, 2.45) is 5.73 Å². The molecule has 0 radical (unpaired) electrons. The van der Waals surface area contributed by atoms with Crippen LogP contribution >= 0.6 is 27.5 Å². The number of rotatable bonds is 5. The Morgan fingerprint density at radius 2 is 1.90 bits per heavy atom. The van der Waals surface area contributed by atoms with Crippen LogP contribution in [0.2, 0.25) is 5.02 Å². The SMILES string of the molecule is CC(N)C(OCc1ccc(Br)cc1)c1cccc(Cl)c1. The molecule has 0 aliphatic rings. The fraction of sp³-hybridized carbons (Fsp3) is 0.250. The molecule has 0 spiro atoms. The first kappa shape index (κ1) is 15.5. The van der Waals surface area contributed by atoms with Gasteiger partial charge in [-0.1, -0.05) is 51.8 Å². The van der Waals surface area contributed by atoms with Crippen LogP contribution in [0.1, 0.15) is 24.2 Å². The molecule has 0 aliphatic heterocycles. The summed E-state index contributed by atoms with van der Waals surface area (Å²) in [6.45, 7) is 2.46. The van der Waals surface area contributed by atoms with Crippen molar-refractivity contribution in [1.29, 1.82) is 0 Å². The fourth-order valence-corrected chi connectivity index (χ4v) is 2.46. The molecule has 2 aromatic rings. The van der Waals surface area contributed by atoms with E-state index in [0.717, 1.165) is 15.6 Å². The molecule has 106 valence electrons. The lowest BCUT2D eigenvalue weighted by molar-refractivity contribution is 0.0259. The third-order valence-corrected chi connectivity index (χ3v) is 3.76. The molecule has 0 aromatic heterocycles. The molecule has 0 fully saturated rings. The molecule has 2 nitrogen and oxygen atoms in total. The van der Waals surface area contributed by atoms with Gasteiger partial charge in [0, 0.05) is 15.5 Å². The summed E-state index contributed by atoms with van der Waals surface area (Å²) in [5.74, 6) is 0. The van der Waals surface area contributed by atoms with Gasteiger partial charge in [0.05, 0.1) is 12.7 Å². The maximum Gasteiger partial charge on any atom is 0.0978 e. The van der Waals surface area contributed by atoms with E-state index in [-0.39, 0.29) is 12.1 Å². The lowest BCUT2D eigenvalue weighted by Gasteiger charge is -2.22. The molecule has 0 aliphatic carbocycles. The Kier molecular flexibility index (Phi) is 5.61. The predicted octanol–water partition coefficient (Wildman–Crippen LogP) is 4.71. The van der Waals surface area contributed by atoms with Crippen LogP contribution in [0.25, 0.3) is 0 Å². The van der Waals surface area contributed by atoms with Gasteiger partial charge in [-0.25, -0.2) is 0 Å². The molecule has 0 bridgehead atoms. The average Bonchev–Trinajstić information content (AvgIpc) is 2.41. The maximum atomic E-state index is 6.03. The summed E-state index contributed by atoms with van der Waals surface area (Å²) in [4.78, 5) is 0. The van der Waals surface area contributed by atoms with Crippen LogP contribution in [0.5, 0.6) is 0 Å². The molecule has 0 saturated heterocycles. The van der Waals surface area contributed by atoms with Gasteiger partial charge in [-0.15, -0.1) is 0 Å². The minimum absolute atomic E-state index is 0.107. The third-order valence-electron chi connectivity index (χ3n) is 3.00. The molecule has 2 N–H and O–H groups in total. The Morgan fingerprint density at radius 1 is 1.20 bits per heavy atom. The number of nitrogens with two attached hydrogens (primary N) is 1. The second-order valence-electron chi connectivity index (χ2n) is 4.77. The van der Waals surface area contributed by atoms with Crippen LogP contribution in [0.15, 0.2) is 53.0 Å². The summed E-state index contributed by atoms with van der Waals surface area (Å²) in [5.41, 5.74) is 8.15. The van der Waals surface area contributed by atoms with Crippen LogP contribution in [-0.2, 0) is 11.3 Å². The highest BCUT2D eigenvalue weighted by molar-refractivity contribution is 9.10. The van der Waals surface area contributed by atoms with Gasteiger partial charge in [0.25, 0.3) is 0 Å². The zero-order valence-corrected chi connectivity index (χ0v) is 13.6. The average molecular weight is 355 g/mol. The Hall–Kier alpha value is -0.870. The largest absolute Gasteiger partial charge is 0.367 e. The van der Waals surface area contributed by atoms with Crippen molar-refractivity contribution in [3.05, 3.63) is 69.2 Å². The molecular formula is C16H17BrClNO. The Morgan fingerprint density at radius 3 is 2.50 bits per heavy atom. The van der Waals surface area contributed by atoms with Gasteiger partial charge < -0.3 is 10.5 Å². The molecule has 2 unspecified atom stereocenters. The minimum atomic E-state index is -0.169. The van der Waals surface area contributed by atoms with Gasteiger partial charge in [0.15, 0.2) is 0 Å². The van der Waals surface area contributed by atoms with Crippen molar-refractivity contribution in [1.82, 2.24) is 0 Å². The van der Waals surface area contributed by atoms with Crippen LogP contribution in [0.4, 0.5) is 0 Å². The van der Waals surface area contributed by atoms with Gasteiger partial charge in [0.2, 0.25) is 0 Å². The number of benzene rings is 2. The first-order chi connectivity index (χ1) is 9.56. The first-order valence-corrected chi connectivity index (χ1v) is 7.60. The van der Waals surface area contributed by atoms with Gasteiger partial charge in [-0.2, -0.15) is 0 Å². The van der Waals surface area contributed by atoms with E-state index in [0.29, 0.717) is 11.6 Å². The van der Waals surface area contributed by atoms with Crippen molar-refractivity contribution in [2.75, 3.05) is 0 Å². The van der Waals surface area contributed by atoms with Crippen molar-refractivity contribution in [3.8, 4) is 0 Å². The molecule has 2 rings (SSSR count). The van der Waals surface area contributed by atoms with E-state index < -0.39 is 0 Å². The van der Waals surface area contributed by atoms with Gasteiger partial charge in [-0.3, -0.25) is 0 Å². The van der Waals surface area contributed by atoms with Crippen LogP contribution in [-0.4, -0.2) is 6.04 Å². The highest BCUT2D eigenvalue weighted by Gasteiger charge is 2.17. The topological polar surface area (TPSA) is 35.2 Å². The Labute approximate surface area is 133 Å². The number of ether oxygens (including phenoxy) is 1. The lowest BCUT2D eigenvalue weighted by atomic mass is 10.0. The van der Waals surface area contributed by atoms with E-state index in [1.54, 1.807) is 0 Å². The third kappa shape index (κ3) is 4.32. The molecule has 0 amide bonds. The van der Waals surface area contributed by atoms with E-state index in [4.69, 9.17) is 22.1 Å². The maximum absolute atomic E-state index is 6.03. The van der Waals surface area contributed by atoms with Crippen LogP contribution in [0.3, 0.4) is 0 Å². The molecule has 4 heteroatoms. The normalized spacial score (nSPS) is 14.0. The standard InChI is InChI=1S/C16H17BrClNO/c1-11(19)16(13-3-2-4-15(18)9-13)20-10-12-5-7-14(17)8-6-12/h2-9,11,16H,10,19H2,1H3. The fourth-order valence-electron chi connectivity index (χ4n) is 2.00. The zero-order chi connectivity index (χ0) is 14.5. The summed E-state index contributed by atoms with van der Waals surface area (Å²) in [6.07, 6.45) is -0.169. The Bertz CT molecular complexity index is 557. The monoisotopic (exact) mass is 353 g/mol. The van der Waals surface area contributed by atoms with Crippen LogP contribution < -0.4 is 5.73 Å². The lowest BCUT2D eigenvalue weighted by Crippen LogP contribution is -2.26. The molecule has 2 atom stereocenters. The van der Waals surface area contributed by atoms with E-state index in [1.807, 2.05) is 55.5 Å². The first-order valence-electron chi connectivity index (χ1n) is 6.43. The van der Waals surface area contributed by atoms with Crippen molar-refractivity contribution >= 4 is 27.5 Å². The van der Waals surface area contributed by atoms with Crippen LogP contribution in [0, 0.1) is 0 Å². The summed E-state index contributed by atoms with van der Waals surface area (Å²) in [5, 5.41) is 0.695. The second-order valence-corrected chi connectivity index (χ2v) is 6.12. The van der Waals surface area contributed by atoms with E-state index in [1.165, 1.54) is 0 Å². The summed E-state index contributed by atoms with van der Waals surface area (Å²) in [7, 11) is 0. The van der Waals surface area contributed by atoms with Gasteiger partial charge >= 0.3 is 0 Å². The van der Waals surface area contributed by atoms with E-state index >= 15 is 0 Å². The number of hydrogen-bond acceptors (Lipinski definition) is 2. The smallest absolute Gasteiger partial charge is 0.0978 e. The number of hydrogen-bond donors (Lipinski definition) is 1. The molecular weight excluding hydrogens is 338 g/mol. The summed E-state index contributed by atoms with van der Waals surface area (Å²) in [6, 6.07) is 15.6. The molecule has 0 saturated carbocycles. The van der Waals surface area contributed by atoms with Crippen molar-refractivity contribution in [2.45, 2.75) is 25.7 Å². The van der Waals surface area contributed by atoms with E-state index in [9.17, 15) is 0 Å². The number of halogens is 2. The van der Waals surface area contributed by atoms with Gasteiger partial charge in [0.1, 0.15) is 0 Å². The highest BCUT2D eigenvalue weighted by atomic mass is 79.9. The second kappa shape index (κ2) is 7.23. The zero-order valence-electron chi connectivity index (χ0n) is 11.2. The van der Waals surface area contributed by atoms with Gasteiger partial charge in [-0.05, 0) is 42.3 Å². The van der Waals surface area contributed by atoms with E-state index in [2.05, 4.69) is 15.9 Å². The minimum Gasteiger partial charge on any atom is -0.367 e. The predicted molar refractivity (Wildman–Crippen MR) is 86.8 cm³/mol. The molecule has 0 heterocycles. The quantitative estimate of drug-likeness (QED) is 0.844. The van der Waals surface area contributed by atoms with Crippen molar-refractivity contribution in [3.63, 3.8) is 0 Å². The molecule has 2 aromatic carbocycles. The highest BCUT2D eigenvalue weighted by Crippen LogP contribution is 2.24. The Balaban J connectivity index is 2.08. The summed E-state index contributed by atoms with van der Waals surface area (Å²) >= 11 is 9.44. The summed E-state index contributed by atoms with van der Waals surface area (Å²) < 4.78 is 7.03. The van der Waals surface area contributed by atoms with Crippen molar-refractivity contribution < 1.29 is 4.74 Å². The molecule has 20 heavy (non-hydrogen) atoms.